The Morgan fingerprint density at radius 3 is 2.50 bits per heavy atom. The lowest BCUT2D eigenvalue weighted by Crippen LogP contribution is -2.45. The fraction of sp³-hybridized carbons (Fsp3) is 0.538. The van der Waals surface area contributed by atoms with Crippen molar-refractivity contribution in [1.29, 1.82) is 0 Å². The first-order chi connectivity index (χ1) is 8.55. The van der Waals surface area contributed by atoms with Crippen molar-refractivity contribution >= 4 is 9.84 Å². The summed E-state index contributed by atoms with van der Waals surface area (Å²) in [4.78, 5) is 0. The van der Waals surface area contributed by atoms with Crippen molar-refractivity contribution in [2.45, 2.75) is 24.4 Å². The lowest BCUT2D eigenvalue weighted by atomic mass is 9.95. The maximum absolute atomic E-state index is 11.1. The lowest BCUT2D eigenvalue weighted by molar-refractivity contribution is 0.226. The van der Waals surface area contributed by atoms with Gasteiger partial charge in [0.05, 0.1) is 11.5 Å². The summed E-state index contributed by atoms with van der Waals surface area (Å²) in [5.41, 5.74) is 7.04. The minimum Gasteiger partial charge on any atom is -0.488 e. The number of para-hydroxylation sites is 1. The van der Waals surface area contributed by atoms with Gasteiger partial charge >= 0.3 is 0 Å². The molecule has 0 aromatic heterocycles. The maximum Gasteiger partial charge on any atom is 0.157 e. The number of nitrogens with two attached hydrogens (primary N) is 1. The molecule has 1 aromatic carbocycles. The van der Waals surface area contributed by atoms with Crippen LogP contribution < -0.4 is 10.5 Å². The normalized spacial score (nSPS) is 24.3. The van der Waals surface area contributed by atoms with Crippen molar-refractivity contribution in [2.75, 3.05) is 18.1 Å². The van der Waals surface area contributed by atoms with Gasteiger partial charge in [0, 0.05) is 17.5 Å². The second-order valence-corrected chi connectivity index (χ2v) is 7.45. The highest BCUT2D eigenvalue weighted by molar-refractivity contribution is 7.92. The molecule has 2 aliphatic rings. The molecule has 1 saturated carbocycles. The van der Waals surface area contributed by atoms with Gasteiger partial charge in [-0.25, -0.2) is 8.42 Å². The van der Waals surface area contributed by atoms with Crippen LogP contribution in [0.15, 0.2) is 24.3 Å². The average Bonchev–Trinajstić information content (AvgIpc) is 3.08. The molecule has 3 rings (SSSR count). The zero-order valence-corrected chi connectivity index (χ0v) is 10.9. The van der Waals surface area contributed by atoms with E-state index >= 15 is 0 Å². The first-order valence-corrected chi connectivity index (χ1v) is 8.03. The third-order valence-electron chi connectivity index (χ3n) is 3.88. The second kappa shape index (κ2) is 3.96. The van der Waals surface area contributed by atoms with Crippen molar-refractivity contribution in [3.63, 3.8) is 0 Å². The summed E-state index contributed by atoms with van der Waals surface area (Å²) in [5, 5.41) is 0. The fourth-order valence-electron chi connectivity index (χ4n) is 2.51. The molecule has 2 N–H and O–H groups in total. The van der Waals surface area contributed by atoms with E-state index in [2.05, 4.69) is 0 Å². The van der Waals surface area contributed by atoms with Gasteiger partial charge in [-0.2, -0.15) is 0 Å². The zero-order valence-electron chi connectivity index (χ0n) is 10.1. The van der Waals surface area contributed by atoms with E-state index in [-0.39, 0.29) is 23.0 Å². The van der Waals surface area contributed by atoms with E-state index in [1.165, 1.54) is 0 Å². The third-order valence-corrected chi connectivity index (χ3v) is 5.64. The number of benzene rings is 1. The van der Waals surface area contributed by atoms with Gasteiger partial charge in [0.2, 0.25) is 0 Å². The highest BCUT2D eigenvalue weighted by Crippen LogP contribution is 2.50. The van der Waals surface area contributed by atoms with Gasteiger partial charge in [0.25, 0.3) is 0 Å². The molecule has 0 radical (unpaired) electrons. The molecule has 0 spiro atoms. The summed E-state index contributed by atoms with van der Waals surface area (Å²) in [6.45, 7) is 0.621. The molecule has 0 amide bonds. The quantitative estimate of drug-likeness (QED) is 0.878. The predicted molar refractivity (Wildman–Crippen MR) is 69.5 cm³/mol. The van der Waals surface area contributed by atoms with Crippen LogP contribution in [0.5, 0.6) is 5.75 Å². The van der Waals surface area contributed by atoms with Crippen LogP contribution in [0.25, 0.3) is 0 Å². The zero-order chi connectivity index (χ0) is 12.8. The minimum absolute atomic E-state index is 0.0687. The number of ether oxygens (including phenoxy) is 1. The lowest BCUT2D eigenvalue weighted by Gasteiger charge is -2.28. The fourth-order valence-corrected chi connectivity index (χ4v) is 3.68. The number of hydrogen-bond donors (Lipinski definition) is 1. The summed E-state index contributed by atoms with van der Waals surface area (Å²) in [6, 6.07) is 7.85. The first kappa shape index (κ1) is 12.0. The molecule has 0 unspecified atom stereocenters. The highest BCUT2D eigenvalue weighted by Gasteiger charge is 2.45. The van der Waals surface area contributed by atoms with Gasteiger partial charge < -0.3 is 10.5 Å². The monoisotopic (exact) mass is 267 g/mol. The van der Waals surface area contributed by atoms with Crippen molar-refractivity contribution < 1.29 is 13.2 Å². The Morgan fingerprint density at radius 2 is 1.94 bits per heavy atom. The third kappa shape index (κ3) is 2.01. The van der Waals surface area contributed by atoms with Gasteiger partial charge in [-0.3, -0.25) is 0 Å². The van der Waals surface area contributed by atoms with Crippen LogP contribution in [0.3, 0.4) is 0 Å². The van der Waals surface area contributed by atoms with Crippen LogP contribution in [0.4, 0.5) is 0 Å². The Hall–Kier alpha value is -1.07. The van der Waals surface area contributed by atoms with Gasteiger partial charge in [0.15, 0.2) is 9.84 Å². The van der Waals surface area contributed by atoms with Crippen LogP contribution in [0, 0.1) is 0 Å². The average molecular weight is 267 g/mol. The molecule has 98 valence electrons. The summed E-state index contributed by atoms with van der Waals surface area (Å²) in [7, 11) is -2.84. The Kier molecular flexibility index (Phi) is 2.64. The van der Waals surface area contributed by atoms with E-state index in [1.54, 1.807) is 0 Å². The SMILES string of the molecule is NCC1(c2ccccc2OC2CS(=O)(=O)C2)CC1. The van der Waals surface area contributed by atoms with Gasteiger partial charge in [0.1, 0.15) is 11.9 Å². The Balaban J connectivity index is 1.80. The van der Waals surface area contributed by atoms with Crippen molar-refractivity contribution in [2.24, 2.45) is 5.73 Å². The molecule has 0 bridgehead atoms. The van der Waals surface area contributed by atoms with Crippen molar-refractivity contribution in [1.82, 2.24) is 0 Å². The van der Waals surface area contributed by atoms with E-state index in [0.29, 0.717) is 6.54 Å². The van der Waals surface area contributed by atoms with Crippen LogP contribution in [-0.4, -0.2) is 32.6 Å². The van der Waals surface area contributed by atoms with E-state index in [4.69, 9.17) is 10.5 Å². The summed E-state index contributed by atoms with van der Waals surface area (Å²) in [5.74, 6) is 1.08. The Morgan fingerprint density at radius 1 is 1.28 bits per heavy atom. The summed E-state index contributed by atoms with van der Waals surface area (Å²) < 4.78 is 28.1. The Bertz CT molecular complexity index is 551. The Labute approximate surface area is 107 Å². The largest absolute Gasteiger partial charge is 0.488 e. The minimum atomic E-state index is -2.84. The van der Waals surface area contributed by atoms with E-state index < -0.39 is 9.84 Å². The van der Waals surface area contributed by atoms with Gasteiger partial charge in [-0.05, 0) is 18.9 Å². The van der Waals surface area contributed by atoms with Crippen LogP contribution in [-0.2, 0) is 15.3 Å². The number of rotatable bonds is 4. The topological polar surface area (TPSA) is 69.4 Å². The summed E-state index contributed by atoms with van der Waals surface area (Å²) >= 11 is 0. The first-order valence-electron chi connectivity index (χ1n) is 6.21. The molecular weight excluding hydrogens is 250 g/mol. The molecule has 0 atom stereocenters. The van der Waals surface area contributed by atoms with Gasteiger partial charge in [-0.15, -0.1) is 0 Å². The van der Waals surface area contributed by atoms with Crippen molar-refractivity contribution in [3.05, 3.63) is 29.8 Å². The molecule has 18 heavy (non-hydrogen) atoms. The number of hydrogen-bond acceptors (Lipinski definition) is 4. The molecule has 1 saturated heterocycles. The molecule has 1 heterocycles. The molecule has 1 aliphatic carbocycles. The second-order valence-electron chi connectivity index (χ2n) is 5.30. The summed E-state index contributed by atoms with van der Waals surface area (Å²) in [6.07, 6.45) is 1.99. The molecular formula is C13H17NO3S. The van der Waals surface area contributed by atoms with Crippen molar-refractivity contribution in [3.8, 4) is 5.75 Å². The number of sulfone groups is 1. The van der Waals surface area contributed by atoms with E-state index in [0.717, 1.165) is 24.2 Å². The maximum atomic E-state index is 11.1. The predicted octanol–water partition coefficient (Wildman–Crippen LogP) is 0.853. The molecule has 1 aromatic rings. The van der Waals surface area contributed by atoms with Crippen LogP contribution >= 0.6 is 0 Å². The van der Waals surface area contributed by atoms with E-state index in [1.807, 2.05) is 24.3 Å². The van der Waals surface area contributed by atoms with Crippen LogP contribution in [0.1, 0.15) is 18.4 Å². The highest BCUT2D eigenvalue weighted by atomic mass is 32.2. The molecule has 4 nitrogen and oxygen atoms in total. The van der Waals surface area contributed by atoms with Gasteiger partial charge in [-0.1, -0.05) is 18.2 Å². The molecule has 5 heteroatoms. The molecule has 2 fully saturated rings. The smallest absolute Gasteiger partial charge is 0.157 e. The van der Waals surface area contributed by atoms with E-state index in [9.17, 15) is 8.42 Å². The standard InChI is InChI=1S/C13H17NO3S/c14-9-13(5-6-13)11-3-1-2-4-12(11)17-10-7-18(15,16)8-10/h1-4,10H,5-9,14H2. The molecule has 1 aliphatic heterocycles. The van der Waals surface area contributed by atoms with Crippen LogP contribution in [0.2, 0.25) is 0 Å².